The minimum atomic E-state index is -0.796. The number of aryl methyl sites for hydroxylation is 1. The van der Waals surface area contributed by atoms with E-state index in [1.165, 1.54) is 16.7 Å². The van der Waals surface area contributed by atoms with Crippen LogP contribution in [0.5, 0.6) is 0 Å². The molecule has 4 rings (SSSR count). The molecule has 0 aliphatic carbocycles. The summed E-state index contributed by atoms with van der Waals surface area (Å²) in [5.41, 5.74) is 6.79. The van der Waals surface area contributed by atoms with Crippen molar-refractivity contribution in [3.8, 4) is 0 Å². The van der Waals surface area contributed by atoms with Gasteiger partial charge < -0.3 is 15.7 Å². The molecule has 31 heavy (non-hydrogen) atoms. The van der Waals surface area contributed by atoms with Crippen LogP contribution in [0.15, 0.2) is 66.9 Å². The third-order valence-corrected chi connectivity index (χ3v) is 6.06. The molecule has 0 radical (unpaired) electrons. The Morgan fingerprint density at radius 3 is 2.84 bits per heavy atom. The Morgan fingerprint density at radius 1 is 1.19 bits per heavy atom. The highest BCUT2D eigenvalue weighted by atomic mass is 16.4. The van der Waals surface area contributed by atoms with E-state index in [9.17, 15) is 4.79 Å². The molecule has 1 aliphatic rings. The molecule has 0 amide bonds. The van der Waals surface area contributed by atoms with Gasteiger partial charge in [-0.2, -0.15) is 0 Å². The SMILES string of the molecule is Cc1ccc(CC(=O)O)cc1CCN[C@H](c1ccccc1)[C@H]1CNc2cccnc2C1. The number of fused-ring (bicyclic) bond motifs is 1. The second-order valence-corrected chi connectivity index (χ2v) is 8.27. The number of benzene rings is 2. The Balaban J connectivity index is 1.47. The van der Waals surface area contributed by atoms with Crippen LogP contribution in [0.25, 0.3) is 0 Å². The van der Waals surface area contributed by atoms with Crippen molar-refractivity contribution in [3.05, 3.63) is 94.8 Å². The van der Waals surface area contributed by atoms with Crippen LogP contribution in [0.2, 0.25) is 0 Å². The van der Waals surface area contributed by atoms with Gasteiger partial charge in [0, 0.05) is 24.7 Å². The molecule has 0 unspecified atom stereocenters. The lowest BCUT2D eigenvalue weighted by atomic mass is 9.86. The number of carboxylic acids is 1. The minimum absolute atomic E-state index is 0.0630. The number of rotatable bonds is 8. The quantitative estimate of drug-likeness (QED) is 0.515. The van der Waals surface area contributed by atoms with Crippen molar-refractivity contribution >= 4 is 11.7 Å². The number of nitrogens with zero attached hydrogens (tertiary/aromatic N) is 1. The van der Waals surface area contributed by atoms with Crippen LogP contribution < -0.4 is 10.6 Å². The van der Waals surface area contributed by atoms with E-state index in [0.29, 0.717) is 5.92 Å². The molecule has 2 heterocycles. The first-order valence-electron chi connectivity index (χ1n) is 10.9. The zero-order chi connectivity index (χ0) is 21.6. The number of nitrogens with one attached hydrogen (secondary N) is 2. The van der Waals surface area contributed by atoms with E-state index in [4.69, 9.17) is 5.11 Å². The summed E-state index contributed by atoms with van der Waals surface area (Å²) < 4.78 is 0. The van der Waals surface area contributed by atoms with Crippen molar-refractivity contribution in [3.63, 3.8) is 0 Å². The number of hydrogen-bond donors (Lipinski definition) is 3. The summed E-state index contributed by atoms with van der Waals surface area (Å²) in [7, 11) is 0. The first-order chi connectivity index (χ1) is 15.1. The lowest BCUT2D eigenvalue weighted by Crippen LogP contribution is -2.37. The highest BCUT2D eigenvalue weighted by Gasteiger charge is 2.27. The summed E-state index contributed by atoms with van der Waals surface area (Å²) in [6.45, 7) is 3.81. The molecule has 3 N–H and O–H groups in total. The number of hydrogen-bond acceptors (Lipinski definition) is 4. The molecule has 3 aromatic rings. The maximum Gasteiger partial charge on any atom is 0.307 e. The first kappa shape index (κ1) is 21.1. The molecule has 1 aromatic heterocycles. The molecule has 0 saturated heterocycles. The summed E-state index contributed by atoms with van der Waals surface area (Å²) >= 11 is 0. The van der Waals surface area contributed by atoms with Gasteiger partial charge in [-0.1, -0.05) is 48.5 Å². The summed E-state index contributed by atoms with van der Waals surface area (Å²) in [5, 5.41) is 16.4. The van der Waals surface area contributed by atoms with Crippen LogP contribution in [0.1, 0.15) is 34.0 Å². The number of pyridine rings is 1. The molecule has 160 valence electrons. The molecule has 2 atom stereocenters. The fourth-order valence-corrected chi connectivity index (χ4v) is 4.42. The summed E-state index contributed by atoms with van der Waals surface area (Å²) in [6.07, 6.45) is 3.72. The first-order valence-corrected chi connectivity index (χ1v) is 10.9. The summed E-state index contributed by atoms with van der Waals surface area (Å²) in [5.74, 6) is -0.403. The molecule has 0 bridgehead atoms. The normalized spacial score (nSPS) is 16.2. The monoisotopic (exact) mass is 415 g/mol. The lowest BCUT2D eigenvalue weighted by Gasteiger charge is -2.33. The van der Waals surface area contributed by atoms with Gasteiger partial charge in [-0.15, -0.1) is 0 Å². The van der Waals surface area contributed by atoms with E-state index in [1.54, 1.807) is 0 Å². The van der Waals surface area contributed by atoms with Gasteiger partial charge in [-0.05, 0) is 60.7 Å². The van der Waals surface area contributed by atoms with Gasteiger partial charge in [0.1, 0.15) is 0 Å². The van der Waals surface area contributed by atoms with Crippen LogP contribution in [0, 0.1) is 12.8 Å². The van der Waals surface area contributed by atoms with Gasteiger partial charge in [0.15, 0.2) is 0 Å². The van der Waals surface area contributed by atoms with E-state index >= 15 is 0 Å². The zero-order valence-electron chi connectivity index (χ0n) is 17.8. The highest BCUT2D eigenvalue weighted by Crippen LogP contribution is 2.31. The van der Waals surface area contributed by atoms with E-state index in [0.717, 1.165) is 42.9 Å². The zero-order valence-corrected chi connectivity index (χ0v) is 17.8. The molecular formula is C26H29N3O2. The maximum atomic E-state index is 11.1. The van der Waals surface area contributed by atoms with Crippen LogP contribution in [-0.2, 0) is 24.1 Å². The van der Waals surface area contributed by atoms with Gasteiger partial charge in [-0.25, -0.2) is 0 Å². The van der Waals surface area contributed by atoms with Crippen molar-refractivity contribution < 1.29 is 9.90 Å². The summed E-state index contributed by atoms with van der Waals surface area (Å²) in [4.78, 5) is 15.6. The predicted molar refractivity (Wildman–Crippen MR) is 123 cm³/mol. The van der Waals surface area contributed by atoms with Crippen molar-refractivity contribution in [1.82, 2.24) is 10.3 Å². The van der Waals surface area contributed by atoms with Crippen molar-refractivity contribution in [2.45, 2.75) is 32.2 Å². The molecule has 0 saturated carbocycles. The van der Waals surface area contributed by atoms with E-state index in [-0.39, 0.29) is 12.5 Å². The molecule has 5 heteroatoms. The van der Waals surface area contributed by atoms with Crippen molar-refractivity contribution in [2.75, 3.05) is 18.4 Å². The van der Waals surface area contributed by atoms with E-state index in [1.807, 2.05) is 36.5 Å². The number of anilines is 1. The third-order valence-electron chi connectivity index (χ3n) is 6.06. The minimum Gasteiger partial charge on any atom is -0.481 e. The van der Waals surface area contributed by atoms with Crippen molar-refractivity contribution in [2.24, 2.45) is 5.92 Å². The molecule has 1 aliphatic heterocycles. The smallest absolute Gasteiger partial charge is 0.307 e. The maximum absolute atomic E-state index is 11.1. The Labute approximate surface area is 183 Å². The van der Waals surface area contributed by atoms with Crippen LogP contribution in [0.4, 0.5) is 5.69 Å². The number of aliphatic carboxylic acids is 1. The third kappa shape index (κ3) is 5.30. The van der Waals surface area contributed by atoms with E-state index < -0.39 is 5.97 Å². The van der Waals surface area contributed by atoms with Crippen molar-refractivity contribution in [1.29, 1.82) is 0 Å². The van der Waals surface area contributed by atoms with Gasteiger partial charge in [0.2, 0.25) is 0 Å². The molecule has 0 spiro atoms. The largest absolute Gasteiger partial charge is 0.481 e. The Bertz CT molecular complexity index is 1040. The molecular weight excluding hydrogens is 386 g/mol. The van der Waals surface area contributed by atoms with E-state index in [2.05, 4.69) is 52.9 Å². The molecule has 5 nitrogen and oxygen atoms in total. The van der Waals surface area contributed by atoms with Gasteiger partial charge in [-0.3, -0.25) is 9.78 Å². The highest BCUT2D eigenvalue weighted by molar-refractivity contribution is 5.70. The van der Waals surface area contributed by atoms with Gasteiger partial charge in [0.05, 0.1) is 17.8 Å². The van der Waals surface area contributed by atoms with Gasteiger partial charge >= 0.3 is 5.97 Å². The van der Waals surface area contributed by atoms with Crippen LogP contribution >= 0.6 is 0 Å². The Morgan fingerprint density at radius 2 is 2.03 bits per heavy atom. The molecule has 0 fully saturated rings. The topological polar surface area (TPSA) is 74.2 Å². The Kier molecular flexibility index (Phi) is 6.63. The lowest BCUT2D eigenvalue weighted by molar-refractivity contribution is -0.136. The predicted octanol–water partition coefficient (Wildman–Crippen LogP) is 4.17. The van der Waals surface area contributed by atoms with Gasteiger partial charge in [0.25, 0.3) is 0 Å². The summed E-state index contributed by atoms with van der Waals surface area (Å²) in [6, 6.07) is 20.8. The number of carboxylic acid groups (broad SMARTS) is 1. The Hall–Kier alpha value is -3.18. The molecule has 2 aromatic carbocycles. The average Bonchev–Trinajstić information content (AvgIpc) is 2.78. The fourth-order valence-electron chi connectivity index (χ4n) is 4.42. The second-order valence-electron chi connectivity index (χ2n) is 8.27. The van der Waals surface area contributed by atoms with Crippen LogP contribution in [0.3, 0.4) is 0 Å². The second kappa shape index (κ2) is 9.75. The standard InChI is InChI=1S/C26H29N3O2/c1-18-9-10-19(15-25(30)31)14-21(18)11-13-28-26(20-6-3-2-4-7-20)22-16-24-23(29-17-22)8-5-12-27-24/h2-10,12,14,22,26,28-29H,11,13,15-17H2,1H3,(H,30,31)/t22-,26-/m1/s1. The number of carbonyl (C=O) groups is 1. The number of aromatic nitrogens is 1. The average molecular weight is 416 g/mol. The fraction of sp³-hybridized carbons (Fsp3) is 0.308. The van der Waals surface area contributed by atoms with Crippen LogP contribution in [-0.4, -0.2) is 29.1 Å².